The summed E-state index contributed by atoms with van der Waals surface area (Å²) in [5, 5.41) is 1.31. The Kier molecular flexibility index (Phi) is 0.867. The number of hydrogen-bond acceptors (Lipinski definition) is 1. The van der Waals surface area contributed by atoms with E-state index in [1.165, 1.54) is 12.1 Å². The Hall–Kier alpha value is -1.76. The lowest BCUT2D eigenvalue weighted by molar-refractivity contribution is 0.669. The van der Waals surface area contributed by atoms with Gasteiger partial charge in [0.2, 0.25) is 0 Å². The number of hydrogen-bond donors (Lipinski definition) is 0. The number of para-hydroxylation sites is 1. The van der Waals surface area contributed by atoms with E-state index in [-0.39, 0.29) is 24.2 Å². The maximum atomic E-state index is 7.84. The zero-order chi connectivity index (χ0) is 13.0. The van der Waals surface area contributed by atoms with Gasteiger partial charge in [0.25, 0.3) is 0 Å². The van der Waals surface area contributed by atoms with E-state index >= 15 is 0 Å². The predicted molar refractivity (Wildman–Crippen MR) is 58.5 cm³/mol. The minimum absolute atomic E-state index is 0.138. The average Bonchev–Trinajstić information content (AvgIpc) is 2.66. The molecule has 0 amide bonds. The molecule has 1 nitrogen and oxygen atoms in total. The molecule has 0 fully saturated rings. The first kappa shape index (κ1) is 4.65. The standard InChI is InChI=1S/C13H10O/c1-9-5-4-8-12-13(9)10-6-2-3-7-11(10)14-12/h2-8H,1H3/i2D,5D,7D,8D. The molecule has 0 saturated heterocycles. The third-order valence-electron chi connectivity index (χ3n) is 2.33. The fourth-order valence-electron chi connectivity index (χ4n) is 1.68. The van der Waals surface area contributed by atoms with Crippen molar-refractivity contribution in [1.29, 1.82) is 0 Å². The Bertz CT molecular complexity index is 789. The van der Waals surface area contributed by atoms with E-state index in [9.17, 15) is 0 Å². The van der Waals surface area contributed by atoms with Crippen LogP contribution in [0.4, 0.5) is 0 Å². The van der Waals surface area contributed by atoms with Crippen LogP contribution in [-0.2, 0) is 0 Å². The monoisotopic (exact) mass is 186 g/mol. The van der Waals surface area contributed by atoms with Crippen LogP contribution in [0, 0.1) is 6.92 Å². The maximum absolute atomic E-state index is 7.84. The molecule has 0 bridgehead atoms. The van der Waals surface area contributed by atoms with Crippen molar-refractivity contribution in [3.05, 3.63) is 47.9 Å². The summed E-state index contributed by atoms with van der Waals surface area (Å²) in [6.45, 7) is 1.79. The molecule has 0 spiro atoms. The van der Waals surface area contributed by atoms with Gasteiger partial charge in [0.05, 0.1) is 5.48 Å². The minimum Gasteiger partial charge on any atom is -0.456 e. The van der Waals surface area contributed by atoms with Crippen molar-refractivity contribution in [1.82, 2.24) is 0 Å². The summed E-state index contributed by atoms with van der Waals surface area (Å²) in [5.74, 6) is 0. The lowest BCUT2D eigenvalue weighted by Gasteiger charge is -1.93. The summed E-state index contributed by atoms with van der Waals surface area (Å²) in [7, 11) is 0. The fourth-order valence-corrected chi connectivity index (χ4v) is 1.68. The third-order valence-corrected chi connectivity index (χ3v) is 2.33. The maximum Gasteiger partial charge on any atom is 0.135 e. The van der Waals surface area contributed by atoms with Crippen molar-refractivity contribution < 1.29 is 9.90 Å². The van der Waals surface area contributed by atoms with Crippen LogP contribution in [0.2, 0.25) is 0 Å². The Morgan fingerprint density at radius 2 is 2.00 bits per heavy atom. The van der Waals surface area contributed by atoms with Gasteiger partial charge in [-0.3, -0.25) is 0 Å². The van der Waals surface area contributed by atoms with E-state index < -0.39 is 0 Å². The highest BCUT2D eigenvalue weighted by molar-refractivity contribution is 6.06. The molecule has 1 heterocycles. The summed E-state index contributed by atoms with van der Waals surface area (Å²) >= 11 is 0. The van der Waals surface area contributed by atoms with Gasteiger partial charge >= 0.3 is 0 Å². The molecular weight excluding hydrogens is 172 g/mol. The molecule has 0 aliphatic heterocycles. The van der Waals surface area contributed by atoms with Crippen molar-refractivity contribution in [2.45, 2.75) is 6.92 Å². The molecule has 0 radical (unpaired) electrons. The lowest BCUT2D eigenvalue weighted by atomic mass is 10.1. The Morgan fingerprint density at radius 1 is 1.14 bits per heavy atom. The van der Waals surface area contributed by atoms with Gasteiger partial charge in [-0.2, -0.15) is 0 Å². The average molecular weight is 186 g/mol. The molecule has 68 valence electrons. The van der Waals surface area contributed by atoms with Gasteiger partial charge in [0.1, 0.15) is 11.2 Å². The second-order valence-electron chi connectivity index (χ2n) is 3.21. The van der Waals surface area contributed by atoms with Crippen LogP contribution in [-0.4, -0.2) is 0 Å². The molecule has 1 heteroatoms. The topological polar surface area (TPSA) is 13.1 Å². The molecular formula is C13H10O. The smallest absolute Gasteiger partial charge is 0.135 e. The highest BCUT2D eigenvalue weighted by atomic mass is 16.3. The number of aryl methyl sites for hydroxylation is 1. The van der Waals surface area contributed by atoms with Gasteiger partial charge in [-0.1, -0.05) is 30.3 Å². The second kappa shape index (κ2) is 2.61. The van der Waals surface area contributed by atoms with E-state index in [2.05, 4.69) is 0 Å². The van der Waals surface area contributed by atoms with E-state index in [1.54, 1.807) is 13.0 Å². The summed E-state index contributed by atoms with van der Waals surface area (Å²) in [6, 6.07) is 5.25. The van der Waals surface area contributed by atoms with Crippen molar-refractivity contribution >= 4 is 21.9 Å². The zero-order valence-electron chi connectivity index (χ0n) is 11.6. The first-order valence-corrected chi connectivity index (χ1v) is 4.39. The summed E-state index contributed by atoms with van der Waals surface area (Å²) < 4.78 is 36.7. The van der Waals surface area contributed by atoms with Crippen LogP contribution in [0.3, 0.4) is 0 Å². The van der Waals surface area contributed by atoms with Gasteiger partial charge in [0, 0.05) is 10.8 Å². The SMILES string of the molecule is [2H]c1cc([2H])c2oc3c([2H])cc([2H])c(C)c3c2c1. The molecule has 3 rings (SSSR count). The van der Waals surface area contributed by atoms with Crippen molar-refractivity contribution in [2.24, 2.45) is 0 Å². The van der Waals surface area contributed by atoms with Gasteiger partial charge in [-0.25, -0.2) is 0 Å². The first-order valence-electron chi connectivity index (χ1n) is 6.39. The molecule has 0 saturated carbocycles. The van der Waals surface area contributed by atoms with E-state index in [4.69, 9.17) is 9.90 Å². The van der Waals surface area contributed by atoms with Crippen LogP contribution in [0.1, 0.15) is 11.0 Å². The molecule has 3 aromatic rings. The number of rotatable bonds is 0. The molecule has 14 heavy (non-hydrogen) atoms. The highest BCUT2D eigenvalue weighted by Gasteiger charge is 2.06. The minimum atomic E-state index is 0.138. The predicted octanol–water partition coefficient (Wildman–Crippen LogP) is 3.89. The van der Waals surface area contributed by atoms with Crippen LogP contribution < -0.4 is 0 Å². The van der Waals surface area contributed by atoms with Crippen LogP contribution in [0.25, 0.3) is 21.9 Å². The molecule has 0 aliphatic carbocycles. The van der Waals surface area contributed by atoms with Gasteiger partial charge in [-0.05, 0) is 24.6 Å². The van der Waals surface area contributed by atoms with Gasteiger partial charge < -0.3 is 4.42 Å². The molecule has 0 unspecified atom stereocenters. The summed E-state index contributed by atoms with van der Waals surface area (Å²) in [4.78, 5) is 0. The Balaban J connectivity index is 2.65. The lowest BCUT2D eigenvalue weighted by Crippen LogP contribution is -1.72. The molecule has 0 atom stereocenters. The Labute approximate surface area is 87.6 Å². The third kappa shape index (κ3) is 0.896. The first-order chi connectivity index (χ1) is 8.49. The van der Waals surface area contributed by atoms with E-state index in [1.807, 2.05) is 0 Å². The van der Waals surface area contributed by atoms with Crippen molar-refractivity contribution in [3.8, 4) is 0 Å². The van der Waals surface area contributed by atoms with Crippen molar-refractivity contribution in [3.63, 3.8) is 0 Å². The van der Waals surface area contributed by atoms with Crippen LogP contribution >= 0.6 is 0 Å². The molecule has 0 N–H and O–H groups in total. The Morgan fingerprint density at radius 3 is 2.93 bits per heavy atom. The van der Waals surface area contributed by atoms with Crippen molar-refractivity contribution in [2.75, 3.05) is 0 Å². The summed E-state index contributed by atoms with van der Waals surface area (Å²) in [5.41, 5.74) is 1.48. The second-order valence-corrected chi connectivity index (χ2v) is 3.21. The van der Waals surface area contributed by atoms with Crippen LogP contribution in [0.15, 0.2) is 46.8 Å². The largest absolute Gasteiger partial charge is 0.456 e. The quantitative estimate of drug-likeness (QED) is 0.519. The summed E-state index contributed by atoms with van der Waals surface area (Å²) in [6.07, 6.45) is 0. The zero-order valence-corrected chi connectivity index (χ0v) is 7.64. The highest BCUT2D eigenvalue weighted by Crippen LogP contribution is 2.30. The van der Waals surface area contributed by atoms with E-state index in [0.717, 1.165) is 0 Å². The number of benzene rings is 2. The van der Waals surface area contributed by atoms with E-state index in [0.29, 0.717) is 27.5 Å². The molecule has 2 aromatic carbocycles. The van der Waals surface area contributed by atoms with Gasteiger partial charge in [-0.15, -0.1) is 0 Å². The number of fused-ring (bicyclic) bond motifs is 3. The normalized spacial score (nSPS) is 15.2. The van der Waals surface area contributed by atoms with Crippen LogP contribution in [0.5, 0.6) is 0 Å². The molecule has 1 aromatic heterocycles. The molecule has 0 aliphatic rings. The van der Waals surface area contributed by atoms with Gasteiger partial charge in [0.15, 0.2) is 0 Å². The number of furan rings is 1. The fraction of sp³-hybridized carbons (Fsp3) is 0.0769.